The van der Waals surface area contributed by atoms with Gasteiger partial charge in [0.15, 0.2) is 5.82 Å². The molecule has 6 heteroatoms. The lowest BCUT2D eigenvalue weighted by Crippen LogP contribution is -1.84. The normalized spacial score (nSPS) is 10.6. The van der Waals surface area contributed by atoms with Gasteiger partial charge in [0, 0.05) is 4.47 Å². The molecule has 0 bridgehead atoms. The molecule has 0 fully saturated rings. The highest BCUT2D eigenvalue weighted by Gasteiger charge is 2.12. The Morgan fingerprint density at radius 3 is 3.00 bits per heavy atom. The monoisotopic (exact) mass is 260 g/mol. The molecule has 0 aliphatic rings. The molecule has 0 saturated carbocycles. The standard InChI is InChI=1S/C7H5BrN2O2S/c8-4-1-2-13-6(4)7-9-5(3-11)10-12-7/h1-2,11H,3H2. The second kappa shape index (κ2) is 3.57. The van der Waals surface area contributed by atoms with Crippen molar-refractivity contribution in [3.8, 4) is 10.8 Å². The minimum Gasteiger partial charge on any atom is -0.388 e. The van der Waals surface area contributed by atoms with Crippen LogP contribution in [0.2, 0.25) is 0 Å². The molecule has 2 rings (SSSR count). The lowest BCUT2D eigenvalue weighted by atomic mass is 10.5. The van der Waals surface area contributed by atoms with Gasteiger partial charge >= 0.3 is 0 Å². The van der Waals surface area contributed by atoms with E-state index >= 15 is 0 Å². The summed E-state index contributed by atoms with van der Waals surface area (Å²) in [7, 11) is 0. The summed E-state index contributed by atoms with van der Waals surface area (Å²) in [5.41, 5.74) is 0. The van der Waals surface area contributed by atoms with Crippen LogP contribution < -0.4 is 0 Å². The average Bonchev–Trinajstić information content (AvgIpc) is 2.71. The third-order valence-corrected chi connectivity index (χ3v) is 3.25. The lowest BCUT2D eigenvalue weighted by Gasteiger charge is -1.86. The van der Waals surface area contributed by atoms with Crippen LogP contribution in [0.1, 0.15) is 5.82 Å². The van der Waals surface area contributed by atoms with Gasteiger partial charge in [-0.05, 0) is 27.4 Å². The topological polar surface area (TPSA) is 59.2 Å². The molecule has 0 unspecified atom stereocenters. The molecule has 0 spiro atoms. The van der Waals surface area contributed by atoms with Crippen LogP contribution in [0.15, 0.2) is 20.4 Å². The summed E-state index contributed by atoms with van der Waals surface area (Å²) < 4.78 is 5.86. The van der Waals surface area contributed by atoms with E-state index in [-0.39, 0.29) is 6.61 Å². The number of aliphatic hydroxyl groups excluding tert-OH is 1. The van der Waals surface area contributed by atoms with Crippen molar-refractivity contribution < 1.29 is 9.63 Å². The molecule has 0 radical (unpaired) electrons. The number of rotatable bonds is 2. The average molecular weight is 261 g/mol. The zero-order valence-corrected chi connectivity index (χ0v) is 8.80. The van der Waals surface area contributed by atoms with Crippen molar-refractivity contribution in [3.05, 3.63) is 21.7 Å². The first kappa shape index (κ1) is 8.86. The van der Waals surface area contributed by atoms with E-state index in [2.05, 4.69) is 26.1 Å². The number of aliphatic hydroxyl groups is 1. The maximum absolute atomic E-state index is 8.72. The van der Waals surface area contributed by atoms with E-state index in [0.717, 1.165) is 9.35 Å². The Kier molecular flexibility index (Phi) is 2.43. The Labute approximate surface area is 86.3 Å². The molecule has 2 aromatic heterocycles. The van der Waals surface area contributed by atoms with Crippen LogP contribution in [0, 0.1) is 0 Å². The number of thiophene rings is 1. The molecule has 0 aliphatic heterocycles. The van der Waals surface area contributed by atoms with Gasteiger partial charge in [-0.2, -0.15) is 4.98 Å². The van der Waals surface area contributed by atoms with Gasteiger partial charge in [-0.25, -0.2) is 0 Å². The Bertz CT molecular complexity index is 412. The van der Waals surface area contributed by atoms with Gasteiger partial charge < -0.3 is 9.63 Å². The largest absolute Gasteiger partial charge is 0.388 e. The summed E-state index contributed by atoms with van der Waals surface area (Å²) in [5, 5.41) is 14.2. The molecule has 13 heavy (non-hydrogen) atoms. The lowest BCUT2D eigenvalue weighted by molar-refractivity contribution is 0.264. The van der Waals surface area contributed by atoms with Gasteiger partial charge in [0.1, 0.15) is 11.5 Å². The Morgan fingerprint density at radius 2 is 2.46 bits per heavy atom. The van der Waals surface area contributed by atoms with Crippen LogP contribution >= 0.6 is 27.3 Å². The quantitative estimate of drug-likeness (QED) is 0.898. The highest BCUT2D eigenvalue weighted by molar-refractivity contribution is 9.10. The first-order valence-corrected chi connectivity index (χ1v) is 5.15. The summed E-state index contributed by atoms with van der Waals surface area (Å²) in [6.07, 6.45) is 0. The summed E-state index contributed by atoms with van der Waals surface area (Å²) in [5.74, 6) is 0.737. The zero-order valence-electron chi connectivity index (χ0n) is 6.40. The van der Waals surface area contributed by atoms with Crippen molar-refractivity contribution in [1.29, 1.82) is 0 Å². The molecule has 0 amide bonds. The Balaban J connectivity index is 2.41. The van der Waals surface area contributed by atoms with E-state index in [1.54, 1.807) is 0 Å². The van der Waals surface area contributed by atoms with Crippen molar-refractivity contribution in [2.75, 3.05) is 0 Å². The molecule has 68 valence electrons. The van der Waals surface area contributed by atoms with Crippen molar-refractivity contribution in [1.82, 2.24) is 10.1 Å². The maximum atomic E-state index is 8.72. The van der Waals surface area contributed by atoms with Gasteiger partial charge in [-0.3, -0.25) is 0 Å². The van der Waals surface area contributed by atoms with Crippen LogP contribution in [-0.4, -0.2) is 15.2 Å². The third-order valence-electron chi connectivity index (χ3n) is 1.42. The van der Waals surface area contributed by atoms with Crippen molar-refractivity contribution in [2.24, 2.45) is 0 Å². The summed E-state index contributed by atoms with van der Waals surface area (Å²) in [4.78, 5) is 4.87. The molecule has 4 nitrogen and oxygen atoms in total. The predicted octanol–water partition coefficient (Wildman–Crippen LogP) is 2.05. The van der Waals surface area contributed by atoms with Gasteiger partial charge in [0.2, 0.25) is 0 Å². The van der Waals surface area contributed by atoms with Crippen LogP contribution in [0.25, 0.3) is 10.8 Å². The number of nitrogens with zero attached hydrogens (tertiary/aromatic N) is 2. The molecular formula is C7H5BrN2O2S. The van der Waals surface area contributed by atoms with E-state index in [0.29, 0.717) is 11.7 Å². The summed E-state index contributed by atoms with van der Waals surface area (Å²) in [6.45, 7) is -0.202. The summed E-state index contributed by atoms with van der Waals surface area (Å²) >= 11 is 4.86. The van der Waals surface area contributed by atoms with Crippen molar-refractivity contribution >= 4 is 27.3 Å². The second-order valence-corrected chi connectivity index (χ2v) is 4.04. The second-order valence-electron chi connectivity index (χ2n) is 2.27. The van der Waals surface area contributed by atoms with E-state index < -0.39 is 0 Å². The van der Waals surface area contributed by atoms with E-state index in [9.17, 15) is 0 Å². The van der Waals surface area contributed by atoms with E-state index in [1.807, 2.05) is 11.4 Å². The number of hydrogen-bond acceptors (Lipinski definition) is 5. The first-order valence-electron chi connectivity index (χ1n) is 3.48. The van der Waals surface area contributed by atoms with Crippen LogP contribution in [0.4, 0.5) is 0 Å². The van der Waals surface area contributed by atoms with Crippen molar-refractivity contribution in [3.63, 3.8) is 0 Å². The fraction of sp³-hybridized carbons (Fsp3) is 0.143. The fourth-order valence-corrected chi connectivity index (χ4v) is 2.32. The SMILES string of the molecule is OCc1noc(-c2sccc2Br)n1. The minimum absolute atomic E-state index is 0.202. The van der Waals surface area contributed by atoms with E-state index in [4.69, 9.17) is 9.63 Å². The Morgan fingerprint density at radius 1 is 1.62 bits per heavy atom. The smallest absolute Gasteiger partial charge is 0.269 e. The molecule has 2 aromatic rings. The third kappa shape index (κ3) is 1.65. The zero-order chi connectivity index (χ0) is 9.26. The number of aromatic nitrogens is 2. The maximum Gasteiger partial charge on any atom is 0.269 e. The molecule has 0 saturated heterocycles. The molecule has 0 atom stereocenters. The van der Waals surface area contributed by atoms with Gasteiger partial charge in [-0.15, -0.1) is 11.3 Å². The van der Waals surface area contributed by atoms with E-state index in [1.165, 1.54) is 11.3 Å². The fourth-order valence-electron chi connectivity index (χ4n) is 0.857. The molecule has 1 N–H and O–H groups in total. The number of hydrogen-bond donors (Lipinski definition) is 1. The molecule has 0 aromatic carbocycles. The highest BCUT2D eigenvalue weighted by atomic mass is 79.9. The van der Waals surface area contributed by atoms with Gasteiger partial charge in [-0.1, -0.05) is 5.16 Å². The first-order chi connectivity index (χ1) is 6.31. The Hall–Kier alpha value is -0.720. The number of halogens is 1. The van der Waals surface area contributed by atoms with Crippen LogP contribution in [0.5, 0.6) is 0 Å². The highest BCUT2D eigenvalue weighted by Crippen LogP contribution is 2.31. The summed E-state index contributed by atoms with van der Waals surface area (Å²) in [6, 6.07) is 1.91. The minimum atomic E-state index is -0.202. The van der Waals surface area contributed by atoms with Crippen molar-refractivity contribution in [2.45, 2.75) is 6.61 Å². The predicted molar refractivity (Wildman–Crippen MR) is 51.2 cm³/mol. The molecule has 2 heterocycles. The van der Waals surface area contributed by atoms with Crippen LogP contribution in [-0.2, 0) is 6.61 Å². The van der Waals surface area contributed by atoms with Gasteiger partial charge in [0.05, 0.1) is 0 Å². The van der Waals surface area contributed by atoms with Gasteiger partial charge in [0.25, 0.3) is 5.89 Å². The molecular weight excluding hydrogens is 256 g/mol. The van der Waals surface area contributed by atoms with Crippen LogP contribution in [0.3, 0.4) is 0 Å². The molecule has 0 aliphatic carbocycles.